The Hall–Kier alpha value is -1.99. The number of hydrogen-bond donors (Lipinski definition) is 2. The third-order valence-electron chi connectivity index (χ3n) is 3.65. The maximum atomic E-state index is 13.8. The molecule has 0 aliphatic carbocycles. The fourth-order valence-electron chi connectivity index (χ4n) is 2.25. The van der Waals surface area contributed by atoms with E-state index in [0.29, 0.717) is 13.2 Å². The van der Waals surface area contributed by atoms with Crippen LogP contribution in [0.4, 0.5) is 10.1 Å². The van der Waals surface area contributed by atoms with Gasteiger partial charge in [0, 0.05) is 6.61 Å². The van der Waals surface area contributed by atoms with Gasteiger partial charge < -0.3 is 19.9 Å². The molecule has 1 saturated heterocycles. The third kappa shape index (κ3) is 5.01. The summed E-state index contributed by atoms with van der Waals surface area (Å²) >= 11 is 0. The van der Waals surface area contributed by atoms with E-state index in [1.807, 2.05) is 0 Å². The van der Waals surface area contributed by atoms with Crippen LogP contribution in [0.5, 0.6) is 0 Å². The van der Waals surface area contributed by atoms with Crippen molar-refractivity contribution >= 4 is 17.6 Å². The molecule has 126 valence electrons. The lowest BCUT2D eigenvalue weighted by Crippen LogP contribution is -2.32. The molecule has 0 spiro atoms. The number of anilines is 1. The van der Waals surface area contributed by atoms with Crippen molar-refractivity contribution in [2.45, 2.75) is 38.4 Å². The zero-order chi connectivity index (χ0) is 16.8. The number of carbonyl (C=O) groups excluding carboxylic acids is 1. The summed E-state index contributed by atoms with van der Waals surface area (Å²) in [4.78, 5) is 22.7. The smallest absolute Gasteiger partial charge is 0.335 e. The van der Waals surface area contributed by atoms with Crippen LogP contribution in [0.1, 0.15) is 36.5 Å². The fourth-order valence-corrected chi connectivity index (χ4v) is 2.25. The van der Waals surface area contributed by atoms with Gasteiger partial charge in [0.15, 0.2) is 0 Å². The molecule has 0 aromatic heterocycles. The molecule has 2 unspecified atom stereocenters. The first kappa shape index (κ1) is 17.4. The molecule has 1 fully saturated rings. The van der Waals surface area contributed by atoms with Crippen molar-refractivity contribution in [2.75, 3.05) is 18.5 Å². The number of hydrogen-bond acceptors (Lipinski definition) is 4. The minimum absolute atomic E-state index is 0.00872. The molecular formula is C16H20FNO5. The van der Waals surface area contributed by atoms with E-state index in [2.05, 4.69) is 5.32 Å². The van der Waals surface area contributed by atoms with Gasteiger partial charge in [-0.3, -0.25) is 4.79 Å². The van der Waals surface area contributed by atoms with Gasteiger partial charge in [0.2, 0.25) is 0 Å². The van der Waals surface area contributed by atoms with Crippen LogP contribution in [0.2, 0.25) is 0 Å². The van der Waals surface area contributed by atoms with Crippen LogP contribution in [0.3, 0.4) is 0 Å². The lowest BCUT2D eigenvalue weighted by molar-refractivity contribution is -0.130. The van der Waals surface area contributed by atoms with Gasteiger partial charge in [-0.15, -0.1) is 0 Å². The van der Waals surface area contributed by atoms with Gasteiger partial charge in [-0.25, -0.2) is 9.18 Å². The SMILES string of the molecule is CC(OCC1CCCCO1)C(=O)Nc1ccc(C(=O)O)cc1F. The Morgan fingerprint density at radius 3 is 2.87 bits per heavy atom. The predicted octanol–water partition coefficient (Wildman–Crippen LogP) is 2.44. The standard InChI is InChI=1S/C16H20FNO5/c1-10(23-9-12-4-2-3-7-22-12)15(19)18-14-6-5-11(16(20)21)8-13(14)17/h5-6,8,10,12H,2-4,7,9H2,1H3,(H,18,19)(H,20,21). The van der Waals surface area contributed by atoms with Gasteiger partial charge in [0.05, 0.1) is 24.0 Å². The van der Waals surface area contributed by atoms with Gasteiger partial charge in [-0.05, 0) is 44.4 Å². The maximum Gasteiger partial charge on any atom is 0.335 e. The van der Waals surface area contributed by atoms with Crippen LogP contribution in [0, 0.1) is 5.82 Å². The largest absolute Gasteiger partial charge is 0.478 e. The molecule has 23 heavy (non-hydrogen) atoms. The Labute approximate surface area is 133 Å². The molecule has 2 atom stereocenters. The first-order valence-corrected chi connectivity index (χ1v) is 7.54. The summed E-state index contributed by atoms with van der Waals surface area (Å²) in [5.74, 6) is -2.53. The second kappa shape index (κ2) is 8.03. The van der Waals surface area contributed by atoms with Crippen molar-refractivity contribution in [1.82, 2.24) is 0 Å². The zero-order valence-corrected chi connectivity index (χ0v) is 12.9. The zero-order valence-electron chi connectivity index (χ0n) is 12.9. The number of nitrogens with one attached hydrogen (secondary N) is 1. The van der Waals surface area contributed by atoms with Crippen LogP contribution in [0.25, 0.3) is 0 Å². The number of amides is 1. The Kier molecular flexibility index (Phi) is 6.06. The number of halogens is 1. The summed E-state index contributed by atoms with van der Waals surface area (Å²) in [7, 11) is 0. The minimum atomic E-state index is -1.23. The van der Waals surface area contributed by atoms with Gasteiger partial charge in [0.1, 0.15) is 11.9 Å². The van der Waals surface area contributed by atoms with Gasteiger partial charge in [-0.1, -0.05) is 0 Å². The summed E-state index contributed by atoms with van der Waals surface area (Å²) in [6.45, 7) is 2.59. The van der Waals surface area contributed by atoms with E-state index in [0.717, 1.165) is 25.3 Å². The highest BCUT2D eigenvalue weighted by atomic mass is 19.1. The Morgan fingerprint density at radius 2 is 2.26 bits per heavy atom. The average Bonchev–Trinajstić information content (AvgIpc) is 2.55. The molecule has 0 radical (unpaired) electrons. The highest BCUT2D eigenvalue weighted by Gasteiger charge is 2.20. The molecule has 6 nitrogen and oxygen atoms in total. The average molecular weight is 325 g/mol. The fraction of sp³-hybridized carbons (Fsp3) is 0.500. The minimum Gasteiger partial charge on any atom is -0.478 e. The van der Waals surface area contributed by atoms with Gasteiger partial charge in [0.25, 0.3) is 5.91 Å². The molecule has 1 aliphatic rings. The van der Waals surface area contributed by atoms with Crippen LogP contribution in [0.15, 0.2) is 18.2 Å². The topological polar surface area (TPSA) is 84.9 Å². The van der Waals surface area contributed by atoms with E-state index in [-0.39, 0.29) is 17.4 Å². The molecule has 1 amide bonds. The number of ether oxygens (including phenoxy) is 2. The van der Waals surface area contributed by atoms with Crippen LogP contribution < -0.4 is 5.32 Å². The number of aromatic carboxylic acids is 1. The second-order valence-corrected chi connectivity index (χ2v) is 5.45. The highest BCUT2D eigenvalue weighted by molar-refractivity contribution is 5.95. The van der Waals surface area contributed by atoms with E-state index in [1.54, 1.807) is 6.92 Å². The van der Waals surface area contributed by atoms with Crippen molar-refractivity contribution in [2.24, 2.45) is 0 Å². The molecule has 2 rings (SSSR count). The van der Waals surface area contributed by atoms with Gasteiger partial charge >= 0.3 is 5.97 Å². The summed E-state index contributed by atoms with van der Waals surface area (Å²) in [5.41, 5.74) is -0.261. The molecule has 1 aromatic rings. The van der Waals surface area contributed by atoms with Crippen molar-refractivity contribution in [3.8, 4) is 0 Å². The van der Waals surface area contributed by atoms with Crippen molar-refractivity contribution < 1.29 is 28.6 Å². The van der Waals surface area contributed by atoms with Crippen LogP contribution in [-0.2, 0) is 14.3 Å². The quantitative estimate of drug-likeness (QED) is 0.839. The molecular weight excluding hydrogens is 305 g/mol. The molecule has 1 heterocycles. The second-order valence-electron chi connectivity index (χ2n) is 5.45. The number of carboxylic acid groups (broad SMARTS) is 1. The molecule has 1 aromatic carbocycles. The number of benzene rings is 1. The maximum absolute atomic E-state index is 13.8. The van der Waals surface area contributed by atoms with E-state index in [1.165, 1.54) is 12.1 Å². The predicted molar refractivity (Wildman–Crippen MR) is 81.0 cm³/mol. The molecule has 2 N–H and O–H groups in total. The first-order chi connectivity index (χ1) is 11.0. The van der Waals surface area contributed by atoms with Crippen molar-refractivity contribution in [1.29, 1.82) is 0 Å². The lowest BCUT2D eigenvalue weighted by atomic mass is 10.1. The number of rotatable bonds is 6. The first-order valence-electron chi connectivity index (χ1n) is 7.54. The van der Waals surface area contributed by atoms with E-state index < -0.39 is 23.8 Å². The van der Waals surface area contributed by atoms with Gasteiger partial charge in [-0.2, -0.15) is 0 Å². The third-order valence-corrected chi connectivity index (χ3v) is 3.65. The van der Waals surface area contributed by atoms with E-state index in [9.17, 15) is 14.0 Å². The summed E-state index contributed by atoms with van der Waals surface area (Å²) < 4.78 is 24.7. The Bertz CT molecular complexity index is 572. The molecule has 0 bridgehead atoms. The lowest BCUT2D eigenvalue weighted by Gasteiger charge is -2.23. The summed E-state index contributed by atoms with van der Waals surface area (Å²) in [5, 5.41) is 11.2. The number of carboxylic acids is 1. The summed E-state index contributed by atoms with van der Waals surface area (Å²) in [6.07, 6.45) is 2.25. The monoisotopic (exact) mass is 325 g/mol. The Morgan fingerprint density at radius 1 is 1.48 bits per heavy atom. The number of carbonyl (C=O) groups is 2. The Balaban J connectivity index is 1.86. The molecule has 1 aliphatic heterocycles. The van der Waals surface area contributed by atoms with Crippen LogP contribution >= 0.6 is 0 Å². The normalized spacial score (nSPS) is 19.1. The van der Waals surface area contributed by atoms with E-state index in [4.69, 9.17) is 14.6 Å². The van der Waals surface area contributed by atoms with Crippen LogP contribution in [-0.4, -0.2) is 42.4 Å². The van der Waals surface area contributed by atoms with E-state index >= 15 is 0 Å². The van der Waals surface area contributed by atoms with Crippen molar-refractivity contribution in [3.05, 3.63) is 29.6 Å². The summed E-state index contributed by atoms with van der Waals surface area (Å²) in [6, 6.07) is 3.30. The highest BCUT2D eigenvalue weighted by Crippen LogP contribution is 2.17. The molecule has 0 saturated carbocycles. The van der Waals surface area contributed by atoms with Crippen molar-refractivity contribution in [3.63, 3.8) is 0 Å². The molecule has 7 heteroatoms.